The maximum absolute atomic E-state index is 12.1. The molecule has 1 aromatic rings. The maximum Gasteiger partial charge on any atom is 0.249 e. The molecule has 0 aromatic carbocycles. The summed E-state index contributed by atoms with van der Waals surface area (Å²) in [6.45, 7) is 1.79. The normalized spacial score (nSPS) is 19.8. The van der Waals surface area contributed by atoms with Crippen LogP contribution in [0.25, 0.3) is 0 Å². The van der Waals surface area contributed by atoms with Crippen molar-refractivity contribution in [2.75, 3.05) is 6.54 Å². The van der Waals surface area contributed by atoms with Gasteiger partial charge in [-0.3, -0.25) is 19.7 Å². The van der Waals surface area contributed by atoms with E-state index in [1.165, 1.54) is 16.2 Å². The largest absolute Gasteiger partial charge is 0.321 e. The van der Waals surface area contributed by atoms with Crippen molar-refractivity contribution < 1.29 is 14.4 Å². The minimum atomic E-state index is -0.532. The maximum atomic E-state index is 12.1. The summed E-state index contributed by atoms with van der Waals surface area (Å²) in [5.41, 5.74) is 0. The number of carbonyl (C=O) groups excluding carboxylic acids is 3. The van der Waals surface area contributed by atoms with Crippen molar-refractivity contribution in [3.8, 4) is 0 Å². The van der Waals surface area contributed by atoms with E-state index in [2.05, 4.69) is 5.32 Å². The smallest absolute Gasteiger partial charge is 0.249 e. The van der Waals surface area contributed by atoms with E-state index in [4.69, 9.17) is 0 Å². The molecular formula is C12H14N2O3S. The summed E-state index contributed by atoms with van der Waals surface area (Å²) >= 11 is 1.49. The van der Waals surface area contributed by atoms with Crippen molar-refractivity contribution in [2.24, 2.45) is 0 Å². The molecule has 1 aromatic heterocycles. The Balaban J connectivity index is 2.11. The second-order valence-electron chi connectivity index (χ2n) is 4.11. The second kappa shape index (κ2) is 5.30. The number of hydrogen-bond acceptors (Lipinski definition) is 4. The minimum absolute atomic E-state index is 0.0333. The van der Waals surface area contributed by atoms with Crippen molar-refractivity contribution in [2.45, 2.75) is 25.8 Å². The fourth-order valence-electron chi connectivity index (χ4n) is 2.00. The van der Waals surface area contributed by atoms with Crippen LogP contribution in [0.5, 0.6) is 0 Å². The van der Waals surface area contributed by atoms with Crippen molar-refractivity contribution >= 4 is 29.1 Å². The molecule has 0 aliphatic carbocycles. The van der Waals surface area contributed by atoms with Crippen molar-refractivity contribution in [3.63, 3.8) is 0 Å². The first-order valence-electron chi connectivity index (χ1n) is 5.77. The number of carbonyl (C=O) groups is 3. The van der Waals surface area contributed by atoms with E-state index in [-0.39, 0.29) is 24.8 Å². The van der Waals surface area contributed by atoms with Gasteiger partial charge in [-0.2, -0.15) is 0 Å². The van der Waals surface area contributed by atoms with Crippen LogP contribution in [-0.4, -0.2) is 35.2 Å². The van der Waals surface area contributed by atoms with Crippen LogP contribution in [-0.2, 0) is 20.8 Å². The predicted octanol–water partition coefficient (Wildman–Crippen LogP) is 0.554. The molecule has 1 fully saturated rings. The highest BCUT2D eigenvalue weighted by molar-refractivity contribution is 7.10. The topological polar surface area (TPSA) is 66.5 Å². The van der Waals surface area contributed by atoms with E-state index in [0.29, 0.717) is 6.42 Å². The summed E-state index contributed by atoms with van der Waals surface area (Å²) in [6, 6.07) is 3.21. The van der Waals surface area contributed by atoms with Gasteiger partial charge in [0, 0.05) is 4.88 Å². The first-order chi connectivity index (χ1) is 8.61. The van der Waals surface area contributed by atoms with Gasteiger partial charge in [0.15, 0.2) is 0 Å². The van der Waals surface area contributed by atoms with E-state index in [9.17, 15) is 14.4 Å². The predicted molar refractivity (Wildman–Crippen MR) is 67.0 cm³/mol. The monoisotopic (exact) mass is 266 g/mol. The van der Waals surface area contributed by atoms with Crippen LogP contribution in [0.2, 0.25) is 0 Å². The lowest BCUT2D eigenvalue weighted by Gasteiger charge is -2.33. The fourth-order valence-corrected chi connectivity index (χ4v) is 2.69. The highest BCUT2D eigenvalue weighted by Gasteiger charge is 2.35. The molecule has 1 aliphatic heterocycles. The van der Waals surface area contributed by atoms with E-state index < -0.39 is 11.9 Å². The first-order valence-corrected chi connectivity index (χ1v) is 6.65. The van der Waals surface area contributed by atoms with Gasteiger partial charge in [0.2, 0.25) is 17.7 Å². The quantitative estimate of drug-likeness (QED) is 0.813. The molecule has 0 spiro atoms. The zero-order valence-electron chi connectivity index (χ0n) is 10.0. The third-order valence-corrected chi connectivity index (χ3v) is 3.74. The fraction of sp³-hybridized carbons (Fsp3) is 0.417. The van der Waals surface area contributed by atoms with Crippen LogP contribution in [0.1, 0.15) is 18.2 Å². The van der Waals surface area contributed by atoms with Crippen LogP contribution < -0.4 is 5.32 Å². The molecule has 0 saturated carbocycles. The Kier molecular flexibility index (Phi) is 3.76. The number of nitrogens with one attached hydrogen (secondary N) is 1. The summed E-state index contributed by atoms with van der Waals surface area (Å²) in [5, 5.41) is 4.15. The number of piperazine rings is 1. The standard InChI is InChI=1S/C12H14N2O3S/c1-2-9-12(17)13-10(15)7-14(9)11(16)6-8-4-3-5-18-8/h3-5,9H,2,6-7H2,1H3,(H,13,15,17). The molecule has 18 heavy (non-hydrogen) atoms. The Labute approximate surface area is 109 Å². The second-order valence-corrected chi connectivity index (χ2v) is 5.15. The molecule has 1 unspecified atom stereocenters. The van der Waals surface area contributed by atoms with Crippen LogP contribution in [0.15, 0.2) is 17.5 Å². The van der Waals surface area contributed by atoms with Gasteiger partial charge in [0.1, 0.15) is 12.6 Å². The number of nitrogens with zero attached hydrogens (tertiary/aromatic N) is 1. The average molecular weight is 266 g/mol. The summed E-state index contributed by atoms with van der Waals surface area (Å²) in [7, 11) is 0. The van der Waals surface area contributed by atoms with Crippen LogP contribution in [0, 0.1) is 0 Å². The number of imide groups is 1. The van der Waals surface area contributed by atoms with Gasteiger partial charge < -0.3 is 4.90 Å². The molecule has 0 radical (unpaired) electrons. The molecule has 3 amide bonds. The highest BCUT2D eigenvalue weighted by Crippen LogP contribution is 2.15. The Morgan fingerprint density at radius 2 is 2.33 bits per heavy atom. The lowest BCUT2D eigenvalue weighted by Crippen LogP contribution is -2.59. The zero-order valence-corrected chi connectivity index (χ0v) is 10.8. The van der Waals surface area contributed by atoms with Gasteiger partial charge in [-0.25, -0.2) is 0 Å². The van der Waals surface area contributed by atoms with Crippen molar-refractivity contribution in [1.82, 2.24) is 10.2 Å². The summed E-state index contributed by atoms with van der Waals surface area (Å²) in [6.07, 6.45) is 0.754. The van der Waals surface area contributed by atoms with Crippen LogP contribution in [0.3, 0.4) is 0 Å². The van der Waals surface area contributed by atoms with Gasteiger partial charge in [-0.15, -0.1) is 11.3 Å². The Morgan fingerprint density at radius 1 is 1.56 bits per heavy atom. The number of rotatable bonds is 3. The van der Waals surface area contributed by atoms with Crippen LogP contribution in [0.4, 0.5) is 0 Å². The van der Waals surface area contributed by atoms with Gasteiger partial charge >= 0.3 is 0 Å². The van der Waals surface area contributed by atoms with Gasteiger partial charge in [-0.1, -0.05) is 13.0 Å². The third-order valence-electron chi connectivity index (χ3n) is 2.87. The molecule has 1 N–H and O–H groups in total. The summed E-state index contributed by atoms with van der Waals surface area (Å²) in [4.78, 5) is 37.4. The first kappa shape index (κ1) is 12.8. The molecule has 96 valence electrons. The lowest BCUT2D eigenvalue weighted by atomic mass is 10.1. The number of hydrogen-bond donors (Lipinski definition) is 1. The van der Waals surface area contributed by atoms with E-state index in [1.807, 2.05) is 24.4 Å². The Hall–Kier alpha value is -1.69. The molecule has 5 nitrogen and oxygen atoms in total. The SMILES string of the molecule is CCC1C(=O)NC(=O)CN1C(=O)Cc1cccs1. The molecule has 1 atom stereocenters. The van der Waals surface area contributed by atoms with Crippen molar-refractivity contribution in [1.29, 1.82) is 0 Å². The Morgan fingerprint density at radius 3 is 2.94 bits per heavy atom. The van der Waals surface area contributed by atoms with Gasteiger partial charge in [-0.05, 0) is 17.9 Å². The molecule has 6 heteroatoms. The lowest BCUT2D eigenvalue weighted by molar-refractivity contribution is -0.149. The molecular weight excluding hydrogens is 252 g/mol. The molecule has 2 rings (SSSR count). The molecule has 1 saturated heterocycles. The summed E-state index contributed by atoms with van der Waals surface area (Å²) in [5.74, 6) is -0.968. The van der Waals surface area contributed by atoms with Gasteiger partial charge in [0.25, 0.3) is 0 Å². The number of thiophene rings is 1. The molecule has 1 aliphatic rings. The summed E-state index contributed by atoms with van der Waals surface area (Å²) < 4.78 is 0. The average Bonchev–Trinajstić information content (AvgIpc) is 2.80. The minimum Gasteiger partial charge on any atom is -0.321 e. The molecule has 2 heterocycles. The van der Waals surface area contributed by atoms with Crippen molar-refractivity contribution in [3.05, 3.63) is 22.4 Å². The van der Waals surface area contributed by atoms with E-state index in [0.717, 1.165) is 4.88 Å². The highest BCUT2D eigenvalue weighted by atomic mass is 32.1. The van der Waals surface area contributed by atoms with E-state index >= 15 is 0 Å². The molecule has 0 bridgehead atoms. The Bertz CT molecular complexity index is 470. The van der Waals surface area contributed by atoms with Gasteiger partial charge in [0.05, 0.1) is 6.42 Å². The van der Waals surface area contributed by atoms with Crippen LogP contribution >= 0.6 is 11.3 Å². The number of amides is 3. The third kappa shape index (κ3) is 2.59. The zero-order chi connectivity index (χ0) is 13.1. The van der Waals surface area contributed by atoms with E-state index in [1.54, 1.807) is 0 Å².